The van der Waals surface area contributed by atoms with Crippen LogP contribution in [0.15, 0.2) is 24.5 Å². The predicted octanol–water partition coefficient (Wildman–Crippen LogP) is 0.523. The third-order valence-corrected chi connectivity index (χ3v) is 4.83. The summed E-state index contributed by atoms with van der Waals surface area (Å²) >= 11 is 0. The van der Waals surface area contributed by atoms with Crippen LogP contribution in [0.4, 0.5) is 0 Å². The normalized spacial score (nSPS) is 26.3. The van der Waals surface area contributed by atoms with Crippen LogP contribution >= 0.6 is 0 Å². The molecule has 2 aliphatic heterocycles. The van der Waals surface area contributed by atoms with Crippen molar-refractivity contribution in [3.05, 3.63) is 30.1 Å². The van der Waals surface area contributed by atoms with E-state index in [0.29, 0.717) is 18.5 Å². The van der Waals surface area contributed by atoms with Gasteiger partial charge in [0.1, 0.15) is 0 Å². The molecule has 2 saturated heterocycles. The number of nitrogens with one attached hydrogen (secondary N) is 1. The highest BCUT2D eigenvalue weighted by atomic mass is 16.5. The molecule has 3 rings (SSSR count). The lowest BCUT2D eigenvalue weighted by atomic mass is 9.95. The van der Waals surface area contributed by atoms with Gasteiger partial charge in [-0.1, -0.05) is 6.07 Å². The monoisotopic (exact) mass is 318 g/mol. The van der Waals surface area contributed by atoms with Gasteiger partial charge >= 0.3 is 0 Å². The molecular weight excluding hydrogens is 292 g/mol. The van der Waals surface area contributed by atoms with Crippen LogP contribution in [0.3, 0.4) is 0 Å². The van der Waals surface area contributed by atoms with Gasteiger partial charge in [-0.25, -0.2) is 0 Å². The fourth-order valence-corrected chi connectivity index (χ4v) is 3.58. The molecule has 0 radical (unpaired) electrons. The number of amides is 1. The second kappa shape index (κ2) is 7.86. The maximum Gasteiger partial charge on any atom is 0.234 e. The Bertz CT molecular complexity index is 505. The summed E-state index contributed by atoms with van der Waals surface area (Å²) < 4.78 is 5.31. The predicted molar refractivity (Wildman–Crippen MR) is 88.0 cm³/mol. The lowest BCUT2D eigenvalue weighted by molar-refractivity contribution is -0.123. The Morgan fingerprint density at radius 1 is 1.39 bits per heavy atom. The molecule has 2 atom stereocenters. The molecule has 0 saturated carbocycles. The zero-order valence-corrected chi connectivity index (χ0v) is 13.8. The zero-order chi connectivity index (χ0) is 16.1. The van der Waals surface area contributed by atoms with E-state index in [2.05, 4.69) is 33.2 Å². The van der Waals surface area contributed by atoms with Crippen LogP contribution < -0.4 is 5.32 Å². The van der Waals surface area contributed by atoms with Crippen molar-refractivity contribution >= 4 is 5.91 Å². The summed E-state index contributed by atoms with van der Waals surface area (Å²) in [4.78, 5) is 20.9. The lowest BCUT2D eigenvalue weighted by Crippen LogP contribution is -2.44. The molecule has 0 aromatic carbocycles. The molecule has 0 spiro atoms. The Morgan fingerprint density at radius 2 is 2.22 bits per heavy atom. The molecule has 2 aliphatic rings. The van der Waals surface area contributed by atoms with Crippen molar-refractivity contribution in [3.63, 3.8) is 0 Å². The van der Waals surface area contributed by atoms with Gasteiger partial charge in [0.25, 0.3) is 0 Å². The van der Waals surface area contributed by atoms with Crippen LogP contribution in [0.1, 0.15) is 18.0 Å². The molecule has 1 amide bonds. The van der Waals surface area contributed by atoms with Gasteiger partial charge in [-0.15, -0.1) is 0 Å². The summed E-state index contributed by atoms with van der Waals surface area (Å²) in [5.74, 6) is 0.559. The summed E-state index contributed by atoms with van der Waals surface area (Å²) in [5, 5.41) is 3.12. The van der Waals surface area contributed by atoms with Gasteiger partial charge in [-0.3, -0.25) is 19.6 Å². The average Bonchev–Trinajstić information content (AvgIpc) is 2.95. The molecule has 1 aromatic heterocycles. The van der Waals surface area contributed by atoms with Gasteiger partial charge in [0, 0.05) is 38.1 Å². The molecule has 0 bridgehead atoms. The molecule has 1 N–H and O–H groups in total. The Balaban J connectivity index is 1.51. The first-order valence-corrected chi connectivity index (χ1v) is 8.41. The quantitative estimate of drug-likeness (QED) is 0.858. The number of rotatable bonds is 5. The number of morpholine rings is 1. The molecule has 6 heteroatoms. The van der Waals surface area contributed by atoms with E-state index in [1.165, 1.54) is 5.56 Å². The third kappa shape index (κ3) is 4.28. The van der Waals surface area contributed by atoms with Crippen LogP contribution in [-0.4, -0.2) is 73.7 Å². The number of hydrogen-bond acceptors (Lipinski definition) is 5. The number of likely N-dealkylation sites (tertiary alicyclic amines) is 1. The molecule has 23 heavy (non-hydrogen) atoms. The van der Waals surface area contributed by atoms with Gasteiger partial charge in [-0.2, -0.15) is 0 Å². The van der Waals surface area contributed by atoms with Crippen LogP contribution in [0.25, 0.3) is 0 Å². The van der Waals surface area contributed by atoms with Crippen molar-refractivity contribution in [1.29, 1.82) is 0 Å². The second-order valence-electron chi connectivity index (χ2n) is 6.45. The minimum absolute atomic E-state index is 0.117. The Kier molecular flexibility index (Phi) is 5.59. The van der Waals surface area contributed by atoms with E-state index in [9.17, 15) is 4.79 Å². The van der Waals surface area contributed by atoms with Crippen molar-refractivity contribution in [2.24, 2.45) is 5.92 Å². The number of hydrogen-bond donors (Lipinski definition) is 1. The van der Waals surface area contributed by atoms with Gasteiger partial charge in [-0.05, 0) is 37.6 Å². The van der Waals surface area contributed by atoms with Crippen molar-refractivity contribution in [2.75, 3.05) is 53.0 Å². The zero-order valence-electron chi connectivity index (χ0n) is 13.8. The molecular formula is C17H26N4O2. The standard InChI is InChI=1S/C17H26N4O2/c1-20-6-4-15(17(20)14-3-2-5-18-11-14)12-19-16(22)13-21-7-9-23-10-8-21/h2-3,5,11,15,17H,4,6-10,12-13H2,1H3,(H,19,22)/t15-,17-/m0/s1. The number of nitrogens with zero attached hydrogens (tertiary/aromatic N) is 3. The smallest absolute Gasteiger partial charge is 0.234 e. The summed E-state index contributed by atoms with van der Waals surface area (Å²) in [6, 6.07) is 4.45. The highest BCUT2D eigenvalue weighted by Gasteiger charge is 2.33. The van der Waals surface area contributed by atoms with Crippen LogP contribution in [0, 0.1) is 5.92 Å². The first kappa shape index (κ1) is 16.4. The van der Waals surface area contributed by atoms with Crippen LogP contribution in [0.5, 0.6) is 0 Å². The molecule has 2 fully saturated rings. The van der Waals surface area contributed by atoms with E-state index < -0.39 is 0 Å². The van der Waals surface area contributed by atoms with E-state index in [-0.39, 0.29) is 5.91 Å². The Labute approximate surface area is 137 Å². The third-order valence-electron chi connectivity index (χ3n) is 4.83. The SMILES string of the molecule is CN1CC[C@@H](CNC(=O)CN2CCOCC2)[C@@H]1c1cccnc1. The van der Waals surface area contributed by atoms with Crippen LogP contribution in [0.2, 0.25) is 0 Å². The fourth-order valence-electron chi connectivity index (χ4n) is 3.58. The van der Waals surface area contributed by atoms with Crippen LogP contribution in [-0.2, 0) is 9.53 Å². The minimum atomic E-state index is 0.117. The summed E-state index contributed by atoms with van der Waals surface area (Å²) in [6.45, 7) is 5.41. The summed E-state index contributed by atoms with van der Waals surface area (Å²) in [7, 11) is 2.15. The van der Waals surface area contributed by atoms with E-state index in [0.717, 1.165) is 45.8 Å². The maximum absolute atomic E-state index is 12.2. The van der Waals surface area contributed by atoms with Gasteiger partial charge in [0.2, 0.25) is 5.91 Å². The number of pyridine rings is 1. The Hall–Kier alpha value is -1.50. The molecule has 0 unspecified atom stereocenters. The highest BCUT2D eigenvalue weighted by Crippen LogP contribution is 2.35. The molecule has 0 aliphatic carbocycles. The lowest BCUT2D eigenvalue weighted by Gasteiger charge is -2.27. The van der Waals surface area contributed by atoms with E-state index >= 15 is 0 Å². The molecule has 6 nitrogen and oxygen atoms in total. The Morgan fingerprint density at radius 3 is 2.96 bits per heavy atom. The largest absolute Gasteiger partial charge is 0.379 e. The highest BCUT2D eigenvalue weighted by molar-refractivity contribution is 5.78. The number of ether oxygens (including phenoxy) is 1. The molecule has 126 valence electrons. The van der Waals surface area contributed by atoms with Crippen molar-refractivity contribution < 1.29 is 9.53 Å². The van der Waals surface area contributed by atoms with E-state index in [1.807, 2.05) is 12.3 Å². The molecule has 1 aromatic rings. The maximum atomic E-state index is 12.2. The topological polar surface area (TPSA) is 57.7 Å². The van der Waals surface area contributed by atoms with Gasteiger partial charge < -0.3 is 10.1 Å². The minimum Gasteiger partial charge on any atom is -0.379 e. The van der Waals surface area contributed by atoms with E-state index in [4.69, 9.17) is 4.74 Å². The van der Waals surface area contributed by atoms with Gasteiger partial charge in [0.15, 0.2) is 0 Å². The number of carbonyl (C=O) groups is 1. The number of aromatic nitrogens is 1. The van der Waals surface area contributed by atoms with Crippen molar-refractivity contribution in [1.82, 2.24) is 20.1 Å². The first-order chi connectivity index (χ1) is 11.2. The summed E-state index contributed by atoms with van der Waals surface area (Å²) in [5.41, 5.74) is 1.24. The summed E-state index contributed by atoms with van der Waals surface area (Å²) in [6.07, 6.45) is 4.85. The van der Waals surface area contributed by atoms with Gasteiger partial charge in [0.05, 0.1) is 19.8 Å². The first-order valence-electron chi connectivity index (χ1n) is 8.41. The fraction of sp³-hybridized carbons (Fsp3) is 0.647. The van der Waals surface area contributed by atoms with Crippen molar-refractivity contribution in [2.45, 2.75) is 12.5 Å². The number of carbonyl (C=O) groups excluding carboxylic acids is 1. The van der Waals surface area contributed by atoms with Crippen molar-refractivity contribution in [3.8, 4) is 0 Å². The van der Waals surface area contributed by atoms with E-state index in [1.54, 1.807) is 6.20 Å². The second-order valence-corrected chi connectivity index (χ2v) is 6.45. The average molecular weight is 318 g/mol. The molecule has 3 heterocycles.